The number of pyridine rings is 1. The predicted molar refractivity (Wildman–Crippen MR) is 95.2 cm³/mol. The van der Waals surface area contributed by atoms with Crippen molar-refractivity contribution in [1.82, 2.24) is 30.6 Å². The molecule has 3 aromatic heterocycles. The van der Waals surface area contributed by atoms with Crippen LogP contribution in [-0.2, 0) is 0 Å². The van der Waals surface area contributed by atoms with Crippen LogP contribution in [0.5, 0.6) is 5.75 Å². The van der Waals surface area contributed by atoms with E-state index in [0.29, 0.717) is 28.6 Å². The number of anilines is 1. The van der Waals surface area contributed by atoms with Crippen LogP contribution >= 0.6 is 0 Å². The molecule has 4 rings (SSSR count). The summed E-state index contributed by atoms with van der Waals surface area (Å²) in [6.07, 6.45) is 3.13. The number of fused-ring (bicyclic) bond motifs is 1. The zero-order valence-corrected chi connectivity index (χ0v) is 14.0. The maximum atomic E-state index is 9.27. The van der Waals surface area contributed by atoms with Crippen LogP contribution < -0.4 is 10.1 Å². The maximum absolute atomic E-state index is 9.27. The van der Waals surface area contributed by atoms with E-state index in [1.165, 1.54) is 6.20 Å². The number of oxazole rings is 1. The number of benzene rings is 1. The Labute approximate surface area is 152 Å². The van der Waals surface area contributed by atoms with Crippen molar-refractivity contribution in [3.05, 3.63) is 48.6 Å². The van der Waals surface area contributed by atoms with Gasteiger partial charge in [-0.05, 0) is 35.5 Å². The van der Waals surface area contributed by atoms with Gasteiger partial charge in [-0.15, -0.1) is 10.2 Å². The Morgan fingerprint density at radius 1 is 1.37 bits per heavy atom. The van der Waals surface area contributed by atoms with Crippen molar-refractivity contribution in [2.24, 2.45) is 0 Å². The van der Waals surface area contributed by atoms with Gasteiger partial charge in [0.05, 0.1) is 12.8 Å². The Morgan fingerprint density at radius 3 is 3.04 bits per heavy atom. The van der Waals surface area contributed by atoms with E-state index in [4.69, 9.17) is 9.15 Å². The molecule has 4 aromatic rings. The van der Waals surface area contributed by atoms with Crippen molar-refractivity contribution in [3.8, 4) is 23.3 Å². The summed E-state index contributed by atoms with van der Waals surface area (Å²) in [5.41, 5.74) is 2.68. The van der Waals surface area contributed by atoms with Crippen molar-refractivity contribution in [1.29, 1.82) is 5.26 Å². The van der Waals surface area contributed by atoms with Gasteiger partial charge in [0.1, 0.15) is 17.4 Å². The first-order valence-electron chi connectivity index (χ1n) is 7.79. The van der Waals surface area contributed by atoms with Gasteiger partial charge >= 0.3 is 0 Å². The Morgan fingerprint density at radius 2 is 2.30 bits per heavy atom. The minimum atomic E-state index is 0.185. The number of hydrogen-bond acceptors (Lipinski definition) is 9. The van der Waals surface area contributed by atoms with Gasteiger partial charge < -0.3 is 14.5 Å². The quantitative estimate of drug-likeness (QED) is 0.513. The third-order valence-corrected chi connectivity index (χ3v) is 3.69. The number of hydrogen-bond donors (Lipinski definition) is 2. The molecule has 0 bridgehead atoms. The summed E-state index contributed by atoms with van der Waals surface area (Å²) in [5, 5.41) is 25.6. The number of tetrazole rings is 1. The van der Waals surface area contributed by atoms with Gasteiger partial charge in [0.2, 0.25) is 11.7 Å². The van der Waals surface area contributed by atoms with Crippen LogP contribution in [0.2, 0.25) is 0 Å². The molecule has 0 amide bonds. The Balaban J connectivity index is 1.70. The van der Waals surface area contributed by atoms with Crippen LogP contribution in [0, 0.1) is 11.3 Å². The van der Waals surface area contributed by atoms with E-state index in [1.807, 2.05) is 12.1 Å². The van der Waals surface area contributed by atoms with E-state index in [-0.39, 0.29) is 11.4 Å². The molecule has 0 spiro atoms. The van der Waals surface area contributed by atoms with Crippen LogP contribution in [0.3, 0.4) is 0 Å². The first-order chi connectivity index (χ1) is 13.3. The highest BCUT2D eigenvalue weighted by Crippen LogP contribution is 2.31. The highest BCUT2D eigenvalue weighted by molar-refractivity contribution is 5.77. The molecule has 0 aliphatic heterocycles. The van der Waals surface area contributed by atoms with Crippen molar-refractivity contribution < 1.29 is 9.15 Å². The monoisotopic (exact) mass is 360 g/mol. The Bertz CT molecular complexity index is 1120. The smallest absolute Gasteiger partial charge is 0.228 e. The standard InChI is InChI=1S/C17H12N8O2/c1-26-13-5-4-10(17-21-16-14(27-17)3-2-6-19-16)7-12(13)20-9-11(8-18)15-22-24-25-23-15/h2-7,9,20H,1H3,(H,22,23,24,25). The van der Waals surface area contributed by atoms with Crippen molar-refractivity contribution in [2.45, 2.75) is 0 Å². The fourth-order valence-electron chi connectivity index (χ4n) is 2.42. The summed E-state index contributed by atoms with van der Waals surface area (Å²) >= 11 is 0. The molecular weight excluding hydrogens is 348 g/mol. The average Bonchev–Trinajstić information content (AvgIpc) is 3.38. The Hall–Kier alpha value is -4.26. The minimum Gasteiger partial charge on any atom is -0.495 e. The molecule has 10 nitrogen and oxygen atoms in total. The molecule has 0 atom stereocenters. The van der Waals surface area contributed by atoms with Crippen LogP contribution in [-0.4, -0.2) is 37.7 Å². The number of nitriles is 1. The highest BCUT2D eigenvalue weighted by Gasteiger charge is 2.12. The topological polar surface area (TPSA) is 138 Å². The lowest BCUT2D eigenvalue weighted by atomic mass is 10.2. The summed E-state index contributed by atoms with van der Waals surface area (Å²) in [6, 6.07) is 11.0. The van der Waals surface area contributed by atoms with E-state index in [2.05, 4.69) is 35.9 Å². The molecular formula is C17H12N8O2. The van der Waals surface area contributed by atoms with Crippen LogP contribution in [0.1, 0.15) is 5.82 Å². The molecule has 2 N–H and O–H groups in total. The second-order valence-electron chi connectivity index (χ2n) is 5.31. The van der Waals surface area contributed by atoms with Gasteiger partial charge in [0.25, 0.3) is 0 Å². The average molecular weight is 360 g/mol. The fraction of sp³-hybridized carbons (Fsp3) is 0.0588. The van der Waals surface area contributed by atoms with E-state index < -0.39 is 0 Å². The molecule has 1 aromatic carbocycles. The first kappa shape index (κ1) is 16.2. The summed E-state index contributed by atoms with van der Waals surface area (Å²) in [5.74, 6) is 1.19. The number of rotatable bonds is 5. The lowest BCUT2D eigenvalue weighted by Gasteiger charge is -2.09. The molecule has 27 heavy (non-hydrogen) atoms. The van der Waals surface area contributed by atoms with Gasteiger partial charge in [-0.25, -0.2) is 4.98 Å². The molecule has 0 saturated carbocycles. The number of allylic oxidation sites excluding steroid dienone is 1. The summed E-state index contributed by atoms with van der Waals surface area (Å²) in [7, 11) is 1.55. The molecule has 10 heteroatoms. The second-order valence-corrected chi connectivity index (χ2v) is 5.31. The molecule has 0 unspecified atom stereocenters. The number of H-pyrrole nitrogens is 1. The fourth-order valence-corrected chi connectivity index (χ4v) is 2.42. The number of aromatic nitrogens is 6. The molecule has 132 valence electrons. The summed E-state index contributed by atoms with van der Waals surface area (Å²) in [6.45, 7) is 0. The summed E-state index contributed by atoms with van der Waals surface area (Å²) < 4.78 is 11.1. The number of methoxy groups -OCH3 is 1. The first-order valence-corrected chi connectivity index (χ1v) is 7.79. The number of nitrogens with one attached hydrogen (secondary N) is 2. The highest BCUT2D eigenvalue weighted by atomic mass is 16.5. The normalized spacial score (nSPS) is 11.3. The van der Waals surface area contributed by atoms with Crippen molar-refractivity contribution >= 4 is 22.5 Å². The van der Waals surface area contributed by atoms with Crippen LogP contribution in [0.4, 0.5) is 5.69 Å². The molecule has 0 aliphatic rings. The molecule has 0 saturated heterocycles. The zero-order chi connectivity index (χ0) is 18.6. The Kier molecular flexibility index (Phi) is 4.16. The molecule has 0 fully saturated rings. The second kappa shape index (κ2) is 6.93. The lowest BCUT2D eigenvalue weighted by Crippen LogP contribution is -1.96. The van der Waals surface area contributed by atoms with Gasteiger partial charge in [-0.2, -0.15) is 15.5 Å². The number of aromatic amines is 1. The number of nitrogens with zero attached hydrogens (tertiary/aromatic N) is 6. The van der Waals surface area contributed by atoms with Gasteiger partial charge in [0, 0.05) is 18.0 Å². The van der Waals surface area contributed by atoms with E-state index >= 15 is 0 Å². The number of ether oxygens (including phenoxy) is 1. The lowest BCUT2D eigenvalue weighted by molar-refractivity contribution is 0.417. The largest absolute Gasteiger partial charge is 0.495 e. The van der Waals surface area contributed by atoms with E-state index in [1.54, 1.807) is 37.6 Å². The minimum absolute atomic E-state index is 0.185. The van der Waals surface area contributed by atoms with Crippen molar-refractivity contribution in [3.63, 3.8) is 0 Å². The van der Waals surface area contributed by atoms with Crippen LogP contribution in [0.25, 0.3) is 28.3 Å². The summed E-state index contributed by atoms with van der Waals surface area (Å²) in [4.78, 5) is 8.55. The third-order valence-electron chi connectivity index (χ3n) is 3.69. The third kappa shape index (κ3) is 3.16. The molecule has 0 radical (unpaired) electrons. The van der Waals surface area contributed by atoms with Crippen molar-refractivity contribution in [2.75, 3.05) is 12.4 Å². The van der Waals surface area contributed by atoms with Gasteiger partial charge in [-0.3, -0.25) is 0 Å². The van der Waals surface area contributed by atoms with Gasteiger partial charge in [0.15, 0.2) is 11.2 Å². The maximum Gasteiger partial charge on any atom is 0.228 e. The van der Waals surface area contributed by atoms with Gasteiger partial charge in [-0.1, -0.05) is 0 Å². The van der Waals surface area contributed by atoms with E-state index in [9.17, 15) is 5.26 Å². The molecule has 3 heterocycles. The predicted octanol–water partition coefficient (Wildman–Crippen LogP) is 2.39. The van der Waals surface area contributed by atoms with Crippen LogP contribution in [0.15, 0.2) is 47.1 Å². The zero-order valence-electron chi connectivity index (χ0n) is 14.0. The van der Waals surface area contributed by atoms with E-state index in [0.717, 1.165) is 5.56 Å². The SMILES string of the molecule is COc1ccc(-c2nc3ncccc3o2)cc1NC=C(C#N)c1nn[nH]n1. The molecule has 0 aliphatic carbocycles.